The summed E-state index contributed by atoms with van der Waals surface area (Å²) in [5, 5.41) is 14.1. The molecule has 2 aliphatic rings. The van der Waals surface area contributed by atoms with Crippen LogP contribution in [-0.2, 0) is 0 Å². The van der Waals surface area contributed by atoms with Gasteiger partial charge >= 0.3 is 0 Å². The Morgan fingerprint density at radius 3 is 2.35 bits per heavy atom. The zero-order chi connectivity index (χ0) is 25.9. The van der Waals surface area contributed by atoms with Crippen molar-refractivity contribution in [3.8, 4) is 11.5 Å². The van der Waals surface area contributed by atoms with Gasteiger partial charge in [0.25, 0.3) is 5.69 Å². The Kier molecular flexibility index (Phi) is 7.63. The molecular weight excluding hydrogens is 510 g/mol. The molecule has 2 unspecified atom stereocenters. The van der Waals surface area contributed by atoms with Crippen LogP contribution in [0.4, 0.5) is 5.69 Å². The van der Waals surface area contributed by atoms with E-state index in [1.54, 1.807) is 37.7 Å². The number of rotatable bonds is 8. The maximum Gasteiger partial charge on any atom is 0.269 e. The van der Waals surface area contributed by atoms with Crippen LogP contribution in [0.3, 0.4) is 0 Å². The molecule has 2 aromatic carbocycles. The summed E-state index contributed by atoms with van der Waals surface area (Å²) in [6.45, 7) is 2.07. The summed E-state index contributed by atoms with van der Waals surface area (Å²) in [5.74, 6) is 2.41. The fourth-order valence-electron chi connectivity index (χ4n) is 5.02. The molecule has 0 aliphatic carbocycles. The molecule has 37 heavy (non-hydrogen) atoms. The average Bonchev–Trinajstić information content (AvgIpc) is 3.43. The van der Waals surface area contributed by atoms with Gasteiger partial charge in [0.05, 0.1) is 31.1 Å². The fraction of sp³-hybridized carbons (Fsp3) is 0.385. The van der Waals surface area contributed by atoms with Gasteiger partial charge in [0.15, 0.2) is 0 Å². The molecule has 2 fully saturated rings. The van der Waals surface area contributed by atoms with E-state index >= 15 is 0 Å². The quantitative estimate of drug-likeness (QED) is 0.213. The van der Waals surface area contributed by atoms with E-state index in [0.717, 1.165) is 58.7 Å². The van der Waals surface area contributed by atoms with Crippen LogP contribution < -0.4 is 9.47 Å². The largest absolute Gasteiger partial charge is 0.497 e. The molecule has 9 nitrogen and oxygen atoms in total. The number of non-ortho nitro benzene ring substituents is 1. The molecule has 2 atom stereocenters. The van der Waals surface area contributed by atoms with Crippen LogP contribution in [0.25, 0.3) is 0 Å². The highest BCUT2D eigenvalue weighted by Crippen LogP contribution is 2.52. The van der Waals surface area contributed by atoms with Crippen molar-refractivity contribution in [1.29, 1.82) is 0 Å². The molecule has 3 heterocycles. The number of hydrogen-bond donors (Lipinski definition) is 0. The van der Waals surface area contributed by atoms with Crippen LogP contribution >= 0.6 is 23.3 Å². The predicted molar refractivity (Wildman–Crippen MR) is 146 cm³/mol. The number of hydrogen-bond acceptors (Lipinski definition) is 9. The Hall–Kier alpha value is -3.15. The molecular formula is C26H29N5O4S2. The number of piperidine rings is 1. The third-order valence-electron chi connectivity index (χ3n) is 6.97. The fourth-order valence-corrected chi connectivity index (χ4v) is 6.46. The van der Waals surface area contributed by atoms with Crippen molar-refractivity contribution in [2.75, 3.05) is 34.4 Å². The molecule has 2 saturated heterocycles. The Balaban J connectivity index is 1.55. The van der Waals surface area contributed by atoms with Gasteiger partial charge in [-0.05, 0) is 62.8 Å². The van der Waals surface area contributed by atoms with E-state index in [-0.39, 0.29) is 22.6 Å². The molecule has 0 N–H and O–H groups in total. The molecule has 3 aromatic rings. The molecule has 1 aromatic heterocycles. The number of likely N-dealkylation sites (tertiary alicyclic amines) is 2. The topological polar surface area (TPSA) is 93.3 Å². The van der Waals surface area contributed by atoms with Crippen molar-refractivity contribution >= 4 is 34.8 Å². The summed E-state index contributed by atoms with van der Waals surface area (Å²) < 4.78 is 16.2. The average molecular weight is 540 g/mol. The predicted octanol–water partition coefficient (Wildman–Crippen LogP) is 5.41. The lowest BCUT2D eigenvalue weighted by Crippen LogP contribution is -2.59. The highest BCUT2D eigenvalue weighted by molar-refractivity contribution is 7.98. The first-order valence-electron chi connectivity index (χ1n) is 12.1. The molecule has 194 valence electrons. The molecule has 0 amide bonds. The van der Waals surface area contributed by atoms with Gasteiger partial charge in [-0.15, -0.1) is 11.3 Å². The normalized spacial score (nSPS) is 21.6. The highest BCUT2D eigenvalue weighted by Gasteiger charge is 2.51. The van der Waals surface area contributed by atoms with Crippen LogP contribution in [-0.4, -0.2) is 65.9 Å². The second kappa shape index (κ2) is 11.1. The van der Waals surface area contributed by atoms with E-state index in [2.05, 4.69) is 16.8 Å². The van der Waals surface area contributed by atoms with Gasteiger partial charge < -0.3 is 19.3 Å². The third kappa shape index (κ3) is 5.29. The minimum Gasteiger partial charge on any atom is -0.497 e. The van der Waals surface area contributed by atoms with E-state index in [1.807, 2.05) is 29.8 Å². The van der Waals surface area contributed by atoms with Crippen molar-refractivity contribution in [2.45, 2.75) is 35.7 Å². The summed E-state index contributed by atoms with van der Waals surface area (Å²) in [4.78, 5) is 21.0. The van der Waals surface area contributed by atoms with Crippen LogP contribution in [0.1, 0.15) is 35.4 Å². The summed E-state index contributed by atoms with van der Waals surface area (Å²) >= 11 is 3.01. The van der Waals surface area contributed by atoms with Crippen LogP contribution in [0.2, 0.25) is 0 Å². The van der Waals surface area contributed by atoms with Gasteiger partial charge in [-0.25, -0.2) is 4.98 Å². The lowest BCUT2D eigenvalue weighted by Gasteiger charge is -2.54. The third-order valence-corrected chi connectivity index (χ3v) is 8.58. The molecule has 0 saturated carbocycles. The van der Waals surface area contributed by atoms with E-state index in [4.69, 9.17) is 18.9 Å². The van der Waals surface area contributed by atoms with Crippen LogP contribution in [0.15, 0.2) is 63.3 Å². The van der Waals surface area contributed by atoms with Gasteiger partial charge in [-0.2, -0.15) is 4.40 Å². The first-order valence-corrected chi connectivity index (χ1v) is 13.7. The molecule has 0 spiro atoms. The zero-order valence-electron chi connectivity index (χ0n) is 20.9. The number of nitro groups is 1. The van der Waals surface area contributed by atoms with Gasteiger partial charge in [-0.1, -0.05) is 0 Å². The number of nitro benzene ring substituents is 1. The Morgan fingerprint density at radius 1 is 1.11 bits per heavy atom. The number of aromatic nitrogens is 1. The number of thiazole rings is 1. The van der Waals surface area contributed by atoms with Gasteiger partial charge in [0.2, 0.25) is 0 Å². The van der Waals surface area contributed by atoms with E-state index in [9.17, 15) is 10.1 Å². The van der Waals surface area contributed by atoms with Crippen LogP contribution in [0, 0.1) is 10.1 Å². The van der Waals surface area contributed by atoms with Crippen molar-refractivity contribution in [1.82, 2.24) is 14.8 Å². The smallest absolute Gasteiger partial charge is 0.269 e. The number of benzene rings is 2. The molecule has 11 heteroatoms. The van der Waals surface area contributed by atoms with Gasteiger partial charge in [-0.3, -0.25) is 10.1 Å². The standard InChI is InChI=1S/C26H29N5O4S2/c1-29-11-8-18(9-12-29)30-24(26-27-10-13-36-26)23(17-14-20(34-2)16-21(15-17)35-3)25(30)28-37-22-6-4-19(5-7-22)31(32)33/h4-7,10,13-16,18,23-24H,8-9,11-12H2,1-3H3. The Morgan fingerprint density at radius 2 is 1.78 bits per heavy atom. The maximum absolute atomic E-state index is 11.1. The maximum atomic E-state index is 11.1. The minimum atomic E-state index is -0.390. The minimum absolute atomic E-state index is 0.0274. The van der Waals surface area contributed by atoms with E-state index < -0.39 is 0 Å². The monoisotopic (exact) mass is 539 g/mol. The summed E-state index contributed by atoms with van der Waals surface area (Å²) in [6, 6.07) is 12.9. The first kappa shape index (κ1) is 25.5. The summed E-state index contributed by atoms with van der Waals surface area (Å²) in [7, 11) is 5.47. The molecule has 2 aliphatic heterocycles. The number of nitrogens with zero attached hydrogens (tertiary/aromatic N) is 5. The summed E-state index contributed by atoms with van der Waals surface area (Å²) in [6.07, 6.45) is 3.96. The van der Waals surface area contributed by atoms with Crippen molar-refractivity contribution in [3.63, 3.8) is 0 Å². The Labute approximate surface area is 224 Å². The second-order valence-corrected chi connectivity index (χ2v) is 10.9. The summed E-state index contributed by atoms with van der Waals surface area (Å²) in [5.41, 5.74) is 1.13. The molecule has 5 rings (SSSR count). The highest BCUT2D eigenvalue weighted by atomic mass is 32.2. The van der Waals surface area contributed by atoms with E-state index in [0.29, 0.717) is 6.04 Å². The van der Waals surface area contributed by atoms with Crippen molar-refractivity contribution in [3.05, 3.63) is 74.7 Å². The van der Waals surface area contributed by atoms with Gasteiger partial charge in [0, 0.05) is 52.7 Å². The lowest BCUT2D eigenvalue weighted by atomic mass is 9.78. The molecule has 0 bridgehead atoms. The van der Waals surface area contributed by atoms with Gasteiger partial charge in [0.1, 0.15) is 22.3 Å². The SMILES string of the molecule is COc1cc(OC)cc(C2C(=NSc3ccc([N+](=O)[O-])cc3)N(C3CCN(C)CC3)C2c2nccs2)c1. The number of ether oxygens (including phenoxy) is 2. The molecule has 0 radical (unpaired) electrons. The first-order chi connectivity index (χ1) is 18.0. The second-order valence-electron chi connectivity index (χ2n) is 9.17. The van der Waals surface area contributed by atoms with Crippen LogP contribution in [0.5, 0.6) is 11.5 Å². The Bertz CT molecular complexity index is 1240. The van der Waals surface area contributed by atoms with E-state index in [1.165, 1.54) is 24.1 Å². The zero-order valence-corrected chi connectivity index (χ0v) is 22.6. The number of methoxy groups -OCH3 is 2. The van der Waals surface area contributed by atoms with Crippen molar-refractivity contribution in [2.24, 2.45) is 4.40 Å². The lowest BCUT2D eigenvalue weighted by molar-refractivity contribution is -0.384. The number of amidine groups is 1. The van der Waals surface area contributed by atoms with Crippen molar-refractivity contribution < 1.29 is 14.4 Å².